The second-order valence-electron chi connectivity index (χ2n) is 5.92. The van der Waals surface area contributed by atoms with Crippen LogP contribution in [0, 0.1) is 5.41 Å². The lowest BCUT2D eigenvalue weighted by Crippen LogP contribution is -2.39. The molecular weight excluding hydrogens is 294 g/mol. The first kappa shape index (κ1) is 12.2. The van der Waals surface area contributed by atoms with Gasteiger partial charge >= 0.3 is 0 Å². The van der Waals surface area contributed by atoms with Gasteiger partial charge in [-0.3, -0.25) is 0 Å². The Hall–Kier alpha value is 0.140. The van der Waals surface area contributed by atoms with Crippen LogP contribution in [0.5, 0.6) is 0 Å². The molecule has 94 valence electrons. The Bertz CT molecular complexity index is 408. The Morgan fingerprint density at radius 2 is 2.29 bits per heavy atom. The van der Waals surface area contributed by atoms with Crippen LogP contribution in [0.2, 0.25) is 0 Å². The third-order valence-corrected chi connectivity index (χ3v) is 6.13. The summed E-state index contributed by atoms with van der Waals surface area (Å²) in [7, 11) is 0. The minimum atomic E-state index is 0.588. The molecule has 3 rings (SSSR count). The van der Waals surface area contributed by atoms with Crippen molar-refractivity contribution in [2.45, 2.75) is 51.5 Å². The maximum atomic E-state index is 3.82. The molecule has 0 radical (unpaired) electrons. The molecule has 0 aliphatic heterocycles. The van der Waals surface area contributed by atoms with Crippen molar-refractivity contribution in [2.24, 2.45) is 5.41 Å². The number of hydrogen-bond donors (Lipinski definition) is 1. The highest BCUT2D eigenvalue weighted by Crippen LogP contribution is 2.42. The molecule has 0 aromatic carbocycles. The summed E-state index contributed by atoms with van der Waals surface area (Å²) in [6.45, 7) is 3.63. The summed E-state index contributed by atoms with van der Waals surface area (Å²) in [5.74, 6) is 0. The van der Waals surface area contributed by atoms with Crippen LogP contribution in [0.15, 0.2) is 9.85 Å². The van der Waals surface area contributed by atoms with Gasteiger partial charge < -0.3 is 5.32 Å². The van der Waals surface area contributed by atoms with E-state index in [1.807, 2.05) is 11.3 Å². The van der Waals surface area contributed by atoms with E-state index in [1.165, 1.54) is 48.9 Å². The summed E-state index contributed by atoms with van der Waals surface area (Å²) < 4.78 is 1.30. The molecule has 0 spiro atoms. The predicted octanol–water partition coefficient (Wildman–Crippen LogP) is 4.67. The van der Waals surface area contributed by atoms with Gasteiger partial charge in [-0.15, -0.1) is 11.3 Å². The van der Waals surface area contributed by atoms with Crippen molar-refractivity contribution in [2.75, 3.05) is 6.54 Å². The van der Waals surface area contributed by atoms with Crippen LogP contribution in [0.25, 0.3) is 0 Å². The SMILES string of the molecule is CC1(CNC2CCCc3sc(Br)cc32)CCC1. The Balaban J connectivity index is 1.68. The van der Waals surface area contributed by atoms with Crippen LogP contribution in [0.3, 0.4) is 0 Å². The lowest BCUT2D eigenvalue weighted by atomic mass is 9.70. The first-order valence-electron chi connectivity index (χ1n) is 6.68. The monoisotopic (exact) mass is 313 g/mol. The number of aryl methyl sites for hydroxylation is 1. The molecule has 1 aromatic heterocycles. The van der Waals surface area contributed by atoms with Gasteiger partial charge in [0.25, 0.3) is 0 Å². The number of thiophene rings is 1. The molecule has 1 fully saturated rings. The third kappa shape index (κ3) is 2.47. The van der Waals surface area contributed by atoms with Crippen LogP contribution in [0.1, 0.15) is 55.5 Å². The van der Waals surface area contributed by atoms with E-state index in [9.17, 15) is 0 Å². The van der Waals surface area contributed by atoms with Gasteiger partial charge in [-0.25, -0.2) is 0 Å². The lowest BCUT2D eigenvalue weighted by Gasteiger charge is -2.40. The zero-order valence-electron chi connectivity index (χ0n) is 10.4. The number of fused-ring (bicyclic) bond motifs is 1. The van der Waals surface area contributed by atoms with Crippen LogP contribution in [-0.4, -0.2) is 6.54 Å². The second kappa shape index (κ2) is 4.67. The highest BCUT2D eigenvalue weighted by Gasteiger charge is 2.33. The molecule has 1 atom stereocenters. The molecule has 3 heteroatoms. The van der Waals surface area contributed by atoms with Gasteiger partial charge in [0.15, 0.2) is 0 Å². The van der Waals surface area contributed by atoms with E-state index in [4.69, 9.17) is 0 Å². The molecule has 1 unspecified atom stereocenters. The Labute approximate surface area is 116 Å². The van der Waals surface area contributed by atoms with Gasteiger partial charge in [0, 0.05) is 17.5 Å². The molecule has 1 saturated carbocycles. The average molecular weight is 314 g/mol. The molecule has 1 heterocycles. The minimum absolute atomic E-state index is 0.588. The fourth-order valence-electron chi connectivity index (χ4n) is 3.06. The van der Waals surface area contributed by atoms with Gasteiger partial charge in [-0.1, -0.05) is 13.3 Å². The van der Waals surface area contributed by atoms with Crippen molar-refractivity contribution < 1.29 is 0 Å². The van der Waals surface area contributed by atoms with E-state index in [1.54, 1.807) is 10.4 Å². The Kier molecular flexibility index (Phi) is 3.35. The molecule has 0 amide bonds. The van der Waals surface area contributed by atoms with E-state index >= 15 is 0 Å². The fraction of sp³-hybridized carbons (Fsp3) is 0.714. The summed E-state index contributed by atoms with van der Waals surface area (Å²) >= 11 is 5.55. The van der Waals surface area contributed by atoms with Crippen molar-refractivity contribution in [1.29, 1.82) is 0 Å². The van der Waals surface area contributed by atoms with Crippen molar-refractivity contribution in [3.05, 3.63) is 20.3 Å². The molecule has 1 nitrogen and oxygen atoms in total. The highest BCUT2D eigenvalue weighted by molar-refractivity contribution is 9.11. The molecule has 17 heavy (non-hydrogen) atoms. The highest BCUT2D eigenvalue weighted by atomic mass is 79.9. The molecule has 1 N–H and O–H groups in total. The lowest BCUT2D eigenvalue weighted by molar-refractivity contribution is 0.149. The number of hydrogen-bond acceptors (Lipinski definition) is 2. The molecule has 0 bridgehead atoms. The predicted molar refractivity (Wildman–Crippen MR) is 77.7 cm³/mol. The standard InChI is InChI=1S/C14H20BrNS/c1-14(6-3-7-14)9-16-11-4-2-5-12-10(11)8-13(15)17-12/h8,11,16H,2-7,9H2,1H3. The third-order valence-electron chi connectivity index (χ3n) is 4.42. The van der Waals surface area contributed by atoms with E-state index in [-0.39, 0.29) is 0 Å². The van der Waals surface area contributed by atoms with Crippen LogP contribution in [0.4, 0.5) is 0 Å². The van der Waals surface area contributed by atoms with E-state index in [2.05, 4.69) is 34.2 Å². The second-order valence-corrected chi connectivity index (χ2v) is 8.43. The van der Waals surface area contributed by atoms with Crippen molar-refractivity contribution >= 4 is 27.3 Å². The van der Waals surface area contributed by atoms with E-state index < -0.39 is 0 Å². The Morgan fingerprint density at radius 3 is 3.00 bits per heavy atom. The van der Waals surface area contributed by atoms with Gasteiger partial charge in [0.1, 0.15) is 0 Å². The van der Waals surface area contributed by atoms with Crippen LogP contribution < -0.4 is 5.32 Å². The van der Waals surface area contributed by atoms with Gasteiger partial charge in [-0.05, 0) is 65.1 Å². The van der Waals surface area contributed by atoms with Gasteiger partial charge in [0.05, 0.1) is 3.79 Å². The zero-order valence-corrected chi connectivity index (χ0v) is 12.8. The Morgan fingerprint density at radius 1 is 1.47 bits per heavy atom. The summed E-state index contributed by atoms with van der Waals surface area (Å²) in [5, 5.41) is 3.82. The first-order valence-corrected chi connectivity index (χ1v) is 8.29. The normalized spacial score (nSPS) is 26.4. The first-order chi connectivity index (χ1) is 8.16. The van der Waals surface area contributed by atoms with Crippen LogP contribution in [-0.2, 0) is 6.42 Å². The van der Waals surface area contributed by atoms with E-state index in [0.717, 1.165) is 0 Å². The summed E-state index contributed by atoms with van der Waals surface area (Å²) in [5.41, 5.74) is 2.15. The quantitative estimate of drug-likeness (QED) is 0.855. The molecule has 2 aliphatic rings. The molecule has 1 aromatic rings. The van der Waals surface area contributed by atoms with Crippen LogP contribution >= 0.6 is 27.3 Å². The number of rotatable bonds is 3. The largest absolute Gasteiger partial charge is 0.309 e. The smallest absolute Gasteiger partial charge is 0.0704 e. The summed E-state index contributed by atoms with van der Waals surface area (Å²) in [6, 6.07) is 2.94. The minimum Gasteiger partial charge on any atom is -0.309 e. The van der Waals surface area contributed by atoms with E-state index in [0.29, 0.717) is 11.5 Å². The molecular formula is C14H20BrNS. The maximum absolute atomic E-state index is 3.82. The maximum Gasteiger partial charge on any atom is 0.0704 e. The number of halogens is 1. The topological polar surface area (TPSA) is 12.0 Å². The molecule has 0 saturated heterocycles. The summed E-state index contributed by atoms with van der Waals surface area (Å²) in [6.07, 6.45) is 8.18. The fourth-order valence-corrected chi connectivity index (χ4v) is 4.88. The van der Waals surface area contributed by atoms with Gasteiger partial charge in [-0.2, -0.15) is 0 Å². The zero-order chi connectivity index (χ0) is 11.9. The van der Waals surface area contributed by atoms with Crippen molar-refractivity contribution in [3.8, 4) is 0 Å². The summed E-state index contributed by atoms with van der Waals surface area (Å²) in [4.78, 5) is 1.60. The molecule has 2 aliphatic carbocycles. The number of nitrogens with one attached hydrogen (secondary N) is 1. The van der Waals surface area contributed by atoms with Crippen molar-refractivity contribution in [3.63, 3.8) is 0 Å². The van der Waals surface area contributed by atoms with Gasteiger partial charge in [0.2, 0.25) is 0 Å². The van der Waals surface area contributed by atoms with Crippen molar-refractivity contribution in [1.82, 2.24) is 5.32 Å². The average Bonchev–Trinajstić information content (AvgIpc) is 2.64.